The van der Waals surface area contributed by atoms with Gasteiger partial charge in [-0.25, -0.2) is 0 Å². The van der Waals surface area contributed by atoms with E-state index in [0.29, 0.717) is 11.5 Å². The van der Waals surface area contributed by atoms with Crippen LogP contribution in [0.5, 0.6) is 0 Å². The second-order valence-electron chi connectivity index (χ2n) is 2.85. The number of hydrogen-bond donors (Lipinski definition) is 2. The van der Waals surface area contributed by atoms with E-state index in [2.05, 4.69) is 15.0 Å². The molecule has 88 valence electrons. The summed E-state index contributed by atoms with van der Waals surface area (Å²) < 4.78 is 4.69. The second kappa shape index (κ2) is 6.06. The fraction of sp³-hybridized carbons (Fsp3) is 0.444. The van der Waals surface area contributed by atoms with Crippen molar-refractivity contribution in [2.45, 2.75) is 13.3 Å². The van der Waals surface area contributed by atoms with Crippen molar-refractivity contribution >= 4 is 23.2 Å². The highest BCUT2D eigenvalue weighted by molar-refractivity contribution is 7.11. The number of ether oxygens (including phenoxy) is 1. The number of carbonyl (C=O) groups is 2. The molecule has 0 aliphatic heterocycles. The van der Waals surface area contributed by atoms with Gasteiger partial charge in [0.05, 0.1) is 13.0 Å². The van der Waals surface area contributed by atoms with Crippen molar-refractivity contribution in [2.24, 2.45) is 0 Å². The maximum absolute atomic E-state index is 11.4. The zero-order valence-electron chi connectivity index (χ0n) is 8.74. The Bertz CT molecular complexity index is 423. The minimum Gasteiger partial charge on any atom is -0.466 e. The van der Waals surface area contributed by atoms with Crippen molar-refractivity contribution < 1.29 is 14.3 Å². The Kier molecular flexibility index (Phi) is 4.71. The molecule has 1 aromatic rings. The number of thiazole rings is 1. The van der Waals surface area contributed by atoms with Crippen molar-refractivity contribution in [3.05, 3.63) is 20.7 Å². The molecular weight excluding hydrogens is 232 g/mol. The Hall–Kier alpha value is -1.63. The van der Waals surface area contributed by atoms with Crippen LogP contribution in [-0.4, -0.2) is 30.0 Å². The van der Waals surface area contributed by atoms with E-state index >= 15 is 0 Å². The Balaban J connectivity index is 2.31. The highest BCUT2D eigenvalue weighted by atomic mass is 32.1. The van der Waals surface area contributed by atoms with Crippen LogP contribution in [0.1, 0.15) is 23.0 Å². The lowest BCUT2D eigenvalue weighted by Gasteiger charge is -2.02. The third-order valence-electron chi connectivity index (χ3n) is 1.67. The van der Waals surface area contributed by atoms with Gasteiger partial charge in [0.2, 0.25) is 0 Å². The summed E-state index contributed by atoms with van der Waals surface area (Å²) in [4.78, 5) is 35.5. The van der Waals surface area contributed by atoms with Gasteiger partial charge in [0.1, 0.15) is 4.88 Å². The van der Waals surface area contributed by atoms with Crippen LogP contribution < -0.4 is 10.2 Å². The van der Waals surface area contributed by atoms with E-state index < -0.39 is 0 Å². The summed E-state index contributed by atoms with van der Waals surface area (Å²) in [5, 5.41) is 2.51. The lowest BCUT2D eigenvalue weighted by Crippen LogP contribution is -2.25. The van der Waals surface area contributed by atoms with Crippen LogP contribution >= 0.6 is 11.3 Å². The summed E-state index contributed by atoms with van der Waals surface area (Å²) in [5.74, 6) is -0.724. The standard InChI is InChI=1S/C9H12N2O4S/c1-2-15-7(12)3-4-10-8(13)6-5-11-9(14)16-6/h5H,2-4H2,1H3,(H,10,13)(H,11,14). The maximum Gasteiger partial charge on any atom is 0.307 e. The Labute approximate surface area is 95.6 Å². The van der Waals surface area contributed by atoms with Gasteiger partial charge < -0.3 is 15.0 Å². The fourth-order valence-electron chi connectivity index (χ4n) is 0.994. The smallest absolute Gasteiger partial charge is 0.307 e. The fourth-order valence-corrected chi connectivity index (χ4v) is 1.59. The molecule has 0 unspecified atom stereocenters. The molecule has 2 N–H and O–H groups in total. The van der Waals surface area contributed by atoms with E-state index in [4.69, 9.17) is 0 Å². The molecule has 0 atom stereocenters. The van der Waals surface area contributed by atoms with Gasteiger partial charge >= 0.3 is 10.8 Å². The number of H-pyrrole nitrogens is 1. The van der Waals surface area contributed by atoms with Gasteiger partial charge in [-0.15, -0.1) is 0 Å². The van der Waals surface area contributed by atoms with Crippen LogP contribution in [0.15, 0.2) is 11.0 Å². The van der Waals surface area contributed by atoms with E-state index in [1.54, 1.807) is 6.92 Å². The summed E-state index contributed by atoms with van der Waals surface area (Å²) in [6.07, 6.45) is 1.46. The molecule has 1 aromatic heterocycles. The van der Waals surface area contributed by atoms with Crippen LogP contribution in [0.4, 0.5) is 0 Å². The number of nitrogens with one attached hydrogen (secondary N) is 2. The van der Waals surface area contributed by atoms with Crippen molar-refractivity contribution in [3.63, 3.8) is 0 Å². The zero-order valence-corrected chi connectivity index (χ0v) is 9.56. The third-order valence-corrected chi connectivity index (χ3v) is 2.49. The van der Waals surface area contributed by atoms with Gasteiger partial charge in [-0.05, 0) is 6.92 Å². The molecule has 0 aliphatic carbocycles. The molecule has 0 bridgehead atoms. The first kappa shape index (κ1) is 12.4. The van der Waals surface area contributed by atoms with E-state index in [1.165, 1.54) is 6.20 Å². The van der Waals surface area contributed by atoms with Crippen molar-refractivity contribution in [1.82, 2.24) is 10.3 Å². The van der Waals surface area contributed by atoms with Crippen molar-refractivity contribution in [1.29, 1.82) is 0 Å². The molecule has 0 aromatic carbocycles. The highest BCUT2D eigenvalue weighted by Crippen LogP contribution is 1.99. The van der Waals surface area contributed by atoms with Gasteiger partial charge in [-0.1, -0.05) is 11.3 Å². The number of aromatic amines is 1. The van der Waals surface area contributed by atoms with Crippen LogP contribution in [-0.2, 0) is 9.53 Å². The number of amides is 1. The van der Waals surface area contributed by atoms with Crippen molar-refractivity contribution in [2.75, 3.05) is 13.2 Å². The van der Waals surface area contributed by atoms with E-state index in [0.717, 1.165) is 11.3 Å². The largest absolute Gasteiger partial charge is 0.466 e. The normalized spacial score (nSPS) is 9.81. The van der Waals surface area contributed by atoms with Gasteiger partial charge in [0, 0.05) is 12.7 Å². The van der Waals surface area contributed by atoms with Gasteiger partial charge in [0.25, 0.3) is 5.91 Å². The molecule has 16 heavy (non-hydrogen) atoms. The summed E-state index contributed by atoms with van der Waals surface area (Å²) in [6, 6.07) is 0. The topological polar surface area (TPSA) is 88.3 Å². The Morgan fingerprint density at radius 1 is 1.56 bits per heavy atom. The number of hydrogen-bond acceptors (Lipinski definition) is 5. The van der Waals surface area contributed by atoms with E-state index in [1.807, 2.05) is 0 Å². The summed E-state index contributed by atoms with van der Waals surface area (Å²) in [5.41, 5.74) is 0. The maximum atomic E-state index is 11.4. The first-order valence-electron chi connectivity index (χ1n) is 4.75. The lowest BCUT2D eigenvalue weighted by atomic mass is 10.4. The zero-order chi connectivity index (χ0) is 12.0. The molecule has 7 heteroatoms. The molecule has 0 saturated carbocycles. The van der Waals surface area contributed by atoms with Gasteiger partial charge in [0.15, 0.2) is 0 Å². The van der Waals surface area contributed by atoms with Gasteiger partial charge in [-0.2, -0.15) is 0 Å². The predicted molar refractivity (Wildman–Crippen MR) is 58.5 cm³/mol. The monoisotopic (exact) mass is 244 g/mol. The van der Waals surface area contributed by atoms with Crippen LogP contribution in [0.2, 0.25) is 0 Å². The SMILES string of the molecule is CCOC(=O)CCNC(=O)c1c[nH]c(=O)s1. The van der Waals surface area contributed by atoms with Crippen LogP contribution in [0.3, 0.4) is 0 Å². The average molecular weight is 244 g/mol. The molecule has 0 fully saturated rings. The van der Waals surface area contributed by atoms with Crippen LogP contribution in [0, 0.1) is 0 Å². The molecule has 6 nitrogen and oxygen atoms in total. The average Bonchev–Trinajstić information content (AvgIpc) is 2.65. The summed E-state index contributed by atoms with van der Waals surface area (Å²) in [7, 11) is 0. The Morgan fingerprint density at radius 2 is 2.31 bits per heavy atom. The lowest BCUT2D eigenvalue weighted by molar-refractivity contribution is -0.142. The molecule has 1 heterocycles. The number of aromatic nitrogens is 1. The first-order chi connectivity index (χ1) is 7.63. The molecule has 0 radical (unpaired) electrons. The minimum absolute atomic E-state index is 0.124. The van der Waals surface area contributed by atoms with Gasteiger partial charge in [-0.3, -0.25) is 14.4 Å². The molecule has 0 spiro atoms. The number of esters is 1. The summed E-state index contributed by atoms with van der Waals surface area (Å²) >= 11 is 0.826. The quantitative estimate of drug-likeness (QED) is 0.720. The number of carbonyl (C=O) groups excluding carboxylic acids is 2. The highest BCUT2D eigenvalue weighted by Gasteiger charge is 2.09. The molecule has 0 aliphatic rings. The van der Waals surface area contributed by atoms with E-state index in [9.17, 15) is 14.4 Å². The third kappa shape index (κ3) is 3.85. The minimum atomic E-state index is -0.368. The summed E-state index contributed by atoms with van der Waals surface area (Å²) in [6.45, 7) is 2.24. The molecule has 1 amide bonds. The van der Waals surface area contributed by atoms with E-state index in [-0.39, 0.29) is 29.7 Å². The molecule has 0 saturated heterocycles. The van der Waals surface area contributed by atoms with Crippen molar-refractivity contribution in [3.8, 4) is 0 Å². The number of rotatable bonds is 5. The van der Waals surface area contributed by atoms with Crippen LogP contribution in [0.25, 0.3) is 0 Å². The molecular formula is C9H12N2O4S. The first-order valence-corrected chi connectivity index (χ1v) is 5.57. The predicted octanol–water partition coefficient (Wildman–Crippen LogP) is 0.119. The molecule has 1 rings (SSSR count). The Morgan fingerprint density at radius 3 is 2.88 bits per heavy atom. The second-order valence-corrected chi connectivity index (χ2v) is 3.87.